The summed E-state index contributed by atoms with van der Waals surface area (Å²) in [6.07, 6.45) is 1.67. The number of aromatic nitrogens is 3. The molecule has 0 aliphatic carbocycles. The van der Waals surface area contributed by atoms with Crippen LogP contribution in [0.2, 0.25) is 0 Å². The highest BCUT2D eigenvalue weighted by Crippen LogP contribution is 2.27. The summed E-state index contributed by atoms with van der Waals surface area (Å²) in [5.74, 6) is -1.40. The molecule has 6 heteroatoms. The van der Waals surface area contributed by atoms with Gasteiger partial charge in [0.05, 0.1) is 5.69 Å². The number of hydrogen-bond donors (Lipinski definition) is 3. The SMILES string of the molecule is O=C(O)c1cc(-c2c[nH]c3cc(F)ccc23)n[nH]1. The Bertz CT molecular complexity index is 745. The van der Waals surface area contributed by atoms with Crippen molar-refractivity contribution in [3.05, 3.63) is 42.0 Å². The maximum Gasteiger partial charge on any atom is 0.353 e. The van der Waals surface area contributed by atoms with Crippen molar-refractivity contribution in [2.24, 2.45) is 0 Å². The molecule has 18 heavy (non-hydrogen) atoms. The Labute approximate surface area is 100 Å². The third kappa shape index (κ3) is 1.55. The van der Waals surface area contributed by atoms with E-state index in [1.807, 2.05) is 0 Å². The standard InChI is InChI=1S/C12H8FN3O2/c13-6-1-2-7-8(5-14-9(7)3-6)10-4-11(12(17)18)16-15-10/h1-5,14H,(H,15,16)(H,17,18). The number of carboxylic acids is 1. The first kappa shape index (κ1) is 10.5. The maximum absolute atomic E-state index is 13.0. The van der Waals surface area contributed by atoms with Crippen LogP contribution < -0.4 is 0 Å². The van der Waals surface area contributed by atoms with E-state index in [-0.39, 0.29) is 11.5 Å². The van der Waals surface area contributed by atoms with Gasteiger partial charge in [0.1, 0.15) is 11.5 Å². The van der Waals surface area contributed by atoms with Crippen LogP contribution in [0.3, 0.4) is 0 Å². The lowest BCUT2D eigenvalue weighted by atomic mass is 10.1. The van der Waals surface area contributed by atoms with Gasteiger partial charge < -0.3 is 10.1 Å². The molecule has 0 spiro atoms. The summed E-state index contributed by atoms with van der Waals surface area (Å²) >= 11 is 0. The van der Waals surface area contributed by atoms with Crippen LogP contribution in [0.5, 0.6) is 0 Å². The molecule has 90 valence electrons. The quantitative estimate of drug-likeness (QED) is 0.648. The predicted octanol–water partition coefficient (Wildman–Crippen LogP) is 2.40. The number of nitrogens with zero attached hydrogens (tertiary/aromatic N) is 1. The van der Waals surface area contributed by atoms with E-state index in [9.17, 15) is 9.18 Å². The number of hydrogen-bond acceptors (Lipinski definition) is 2. The lowest BCUT2D eigenvalue weighted by Gasteiger charge is -1.93. The molecule has 1 aromatic carbocycles. The van der Waals surface area contributed by atoms with Crippen molar-refractivity contribution in [1.82, 2.24) is 15.2 Å². The third-order valence-corrected chi connectivity index (χ3v) is 2.73. The summed E-state index contributed by atoms with van der Waals surface area (Å²) in [5, 5.41) is 16.0. The molecule has 0 saturated heterocycles. The predicted molar refractivity (Wildman–Crippen MR) is 62.8 cm³/mol. The second-order valence-electron chi connectivity index (χ2n) is 3.86. The van der Waals surface area contributed by atoms with Crippen LogP contribution in [0.25, 0.3) is 22.2 Å². The summed E-state index contributed by atoms with van der Waals surface area (Å²) < 4.78 is 13.0. The van der Waals surface area contributed by atoms with Crippen LogP contribution in [0.15, 0.2) is 30.5 Å². The van der Waals surface area contributed by atoms with Crippen molar-refractivity contribution < 1.29 is 14.3 Å². The lowest BCUT2D eigenvalue weighted by molar-refractivity contribution is 0.0690. The highest BCUT2D eigenvalue weighted by atomic mass is 19.1. The summed E-state index contributed by atoms with van der Waals surface area (Å²) in [7, 11) is 0. The fraction of sp³-hybridized carbons (Fsp3) is 0. The molecule has 5 nitrogen and oxygen atoms in total. The van der Waals surface area contributed by atoms with Crippen LogP contribution in [0.4, 0.5) is 4.39 Å². The molecule has 3 N–H and O–H groups in total. The van der Waals surface area contributed by atoms with Crippen molar-refractivity contribution in [2.75, 3.05) is 0 Å². The van der Waals surface area contributed by atoms with Gasteiger partial charge in [0.2, 0.25) is 0 Å². The summed E-state index contributed by atoms with van der Waals surface area (Å²) in [5.41, 5.74) is 1.89. The number of halogens is 1. The normalized spacial score (nSPS) is 10.9. The molecular formula is C12H8FN3O2. The number of fused-ring (bicyclic) bond motifs is 1. The van der Waals surface area contributed by atoms with Crippen molar-refractivity contribution in [3.8, 4) is 11.3 Å². The molecule has 0 amide bonds. The molecule has 0 bridgehead atoms. The highest BCUT2D eigenvalue weighted by molar-refractivity contribution is 5.96. The van der Waals surface area contributed by atoms with E-state index in [0.29, 0.717) is 11.2 Å². The number of H-pyrrole nitrogens is 2. The molecule has 0 unspecified atom stereocenters. The average molecular weight is 245 g/mol. The molecule has 0 saturated carbocycles. The zero-order valence-corrected chi connectivity index (χ0v) is 9.07. The second kappa shape index (κ2) is 3.69. The molecular weight excluding hydrogens is 237 g/mol. The van der Waals surface area contributed by atoms with Crippen molar-refractivity contribution in [2.45, 2.75) is 0 Å². The van der Waals surface area contributed by atoms with E-state index in [1.54, 1.807) is 12.3 Å². The lowest BCUT2D eigenvalue weighted by Crippen LogP contribution is -1.95. The minimum absolute atomic E-state index is 0.0152. The van der Waals surface area contributed by atoms with Crippen LogP contribution >= 0.6 is 0 Å². The van der Waals surface area contributed by atoms with E-state index in [4.69, 9.17) is 5.11 Å². The number of nitrogens with one attached hydrogen (secondary N) is 2. The topological polar surface area (TPSA) is 81.8 Å². The van der Waals surface area contributed by atoms with Gasteiger partial charge >= 0.3 is 5.97 Å². The van der Waals surface area contributed by atoms with Gasteiger partial charge in [0.15, 0.2) is 0 Å². The molecule has 3 rings (SSSR count). The second-order valence-corrected chi connectivity index (χ2v) is 3.86. The smallest absolute Gasteiger partial charge is 0.353 e. The Morgan fingerprint density at radius 1 is 1.33 bits per heavy atom. The number of aromatic carboxylic acids is 1. The largest absolute Gasteiger partial charge is 0.477 e. The van der Waals surface area contributed by atoms with Gasteiger partial charge in [-0.05, 0) is 24.3 Å². The van der Waals surface area contributed by atoms with E-state index in [1.165, 1.54) is 18.2 Å². The zero-order chi connectivity index (χ0) is 12.7. The number of carbonyl (C=O) groups is 1. The minimum Gasteiger partial charge on any atom is -0.477 e. The van der Waals surface area contributed by atoms with Crippen LogP contribution in [0.1, 0.15) is 10.5 Å². The van der Waals surface area contributed by atoms with Crippen LogP contribution in [0, 0.1) is 5.82 Å². The Hall–Kier alpha value is -2.63. The summed E-state index contributed by atoms with van der Waals surface area (Å²) in [6, 6.07) is 5.80. The molecule has 2 heterocycles. The van der Waals surface area contributed by atoms with E-state index >= 15 is 0 Å². The van der Waals surface area contributed by atoms with Crippen LogP contribution in [-0.4, -0.2) is 26.3 Å². The first-order valence-corrected chi connectivity index (χ1v) is 5.21. The zero-order valence-electron chi connectivity index (χ0n) is 9.07. The van der Waals surface area contributed by atoms with Crippen LogP contribution in [-0.2, 0) is 0 Å². The average Bonchev–Trinajstić information content (AvgIpc) is 2.92. The Balaban J connectivity index is 2.16. The molecule has 0 aliphatic rings. The van der Waals surface area contributed by atoms with Crippen molar-refractivity contribution in [1.29, 1.82) is 0 Å². The van der Waals surface area contributed by atoms with E-state index in [0.717, 1.165) is 10.9 Å². The van der Waals surface area contributed by atoms with Gasteiger partial charge in [-0.25, -0.2) is 9.18 Å². The Kier molecular flexibility index (Phi) is 2.16. The molecule has 0 fully saturated rings. The molecule has 0 radical (unpaired) electrons. The van der Waals surface area contributed by atoms with Crippen molar-refractivity contribution >= 4 is 16.9 Å². The summed E-state index contributed by atoms with van der Waals surface area (Å²) in [4.78, 5) is 13.7. The van der Waals surface area contributed by atoms with Gasteiger partial charge in [-0.2, -0.15) is 5.10 Å². The Morgan fingerprint density at radius 3 is 2.89 bits per heavy atom. The van der Waals surface area contributed by atoms with Gasteiger partial charge in [-0.15, -0.1) is 0 Å². The van der Waals surface area contributed by atoms with E-state index in [2.05, 4.69) is 15.2 Å². The molecule has 3 aromatic rings. The number of aromatic amines is 2. The maximum atomic E-state index is 13.0. The molecule has 0 atom stereocenters. The van der Waals surface area contributed by atoms with E-state index < -0.39 is 5.97 Å². The minimum atomic E-state index is -1.07. The van der Waals surface area contributed by atoms with Gasteiger partial charge in [-0.3, -0.25) is 5.10 Å². The monoisotopic (exact) mass is 245 g/mol. The fourth-order valence-corrected chi connectivity index (χ4v) is 1.88. The van der Waals surface area contributed by atoms with Gasteiger partial charge in [-0.1, -0.05) is 0 Å². The van der Waals surface area contributed by atoms with Gasteiger partial charge in [0, 0.05) is 22.7 Å². The highest BCUT2D eigenvalue weighted by Gasteiger charge is 2.12. The Morgan fingerprint density at radius 2 is 2.17 bits per heavy atom. The molecule has 0 aliphatic heterocycles. The van der Waals surface area contributed by atoms with Gasteiger partial charge in [0.25, 0.3) is 0 Å². The molecule has 2 aromatic heterocycles. The first-order valence-electron chi connectivity index (χ1n) is 5.21. The number of rotatable bonds is 2. The number of benzene rings is 1. The fourth-order valence-electron chi connectivity index (χ4n) is 1.88. The van der Waals surface area contributed by atoms with Crippen molar-refractivity contribution in [3.63, 3.8) is 0 Å². The third-order valence-electron chi connectivity index (χ3n) is 2.73. The first-order chi connectivity index (χ1) is 8.65. The summed E-state index contributed by atoms with van der Waals surface area (Å²) in [6.45, 7) is 0. The number of carboxylic acid groups (broad SMARTS) is 1.